The van der Waals surface area contributed by atoms with E-state index >= 15 is 0 Å². The number of anilines is 1. The van der Waals surface area contributed by atoms with Gasteiger partial charge in [0.05, 0.1) is 19.0 Å². The number of imidazole rings is 1. The molecule has 0 aliphatic heterocycles. The Morgan fingerprint density at radius 1 is 0.940 bits per heavy atom. The van der Waals surface area contributed by atoms with Gasteiger partial charge >= 0.3 is 7.52 Å². The molecule has 0 fully saturated rings. The minimum absolute atomic E-state index is 0.0607. The van der Waals surface area contributed by atoms with Gasteiger partial charge in [0.2, 0.25) is 5.91 Å². The van der Waals surface area contributed by atoms with E-state index in [4.69, 9.17) is 26.6 Å². The zero-order valence-electron chi connectivity index (χ0n) is 29.1. The van der Waals surface area contributed by atoms with Crippen LogP contribution in [0.2, 0.25) is 5.02 Å². The summed E-state index contributed by atoms with van der Waals surface area (Å²) in [6.45, 7) is 4.90. The van der Waals surface area contributed by atoms with Crippen molar-refractivity contribution in [3.8, 4) is 5.75 Å². The number of nitrogens with two attached hydrogens (primary N) is 1. The minimum Gasteiger partial charge on any atom is -0.431 e. The number of nitrogens with zero attached hydrogens (tertiary/aromatic N) is 4. The molecule has 0 saturated carbocycles. The Balaban J connectivity index is 1.33. The first kappa shape index (κ1) is 40.4. The molecule has 0 aliphatic carbocycles. The second-order valence-corrected chi connectivity index (χ2v) is 14.1. The normalized spacial score (nSPS) is 14.1. The lowest BCUT2D eigenvalue weighted by molar-refractivity contribution is -0.121. The van der Waals surface area contributed by atoms with Gasteiger partial charge in [-0.1, -0.05) is 79.3 Å². The molecule has 0 aliphatic rings. The number of rotatable bonds is 24. The highest BCUT2D eigenvalue weighted by Gasteiger charge is 2.26. The van der Waals surface area contributed by atoms with Gasteiger partial charge in [-0.3, -0.25) is 9.36 Å². The van der Waals surface area contributed by atoms with Gasteiger partial charge in [0, 0.05) is 24.5 Å². The first-order valence-corrected chi connectivity index (χ1v) is 19.3. The van der Waals surface area contributed by atoms with Gasteiger partial charge < -0.3 is 24.9 Å². The molecule has 0 saturated heterocycles. The number of nitrogen functional groups attached to an aromatic ring is 1. The number of carbonyl (C=O) groups is 1. The molecule has 13 heteroatoms. The Morgan fingerprint density at radius 3 is 2.24 bits per heavy atom. The summed E-state index contributed by atoms with van der Waals surface area (Å²) in [6.07, 6.45) is 30.9. The topological polar surface area (TPSA) is 146 Å². The number of aromatic nitrogens is 4. The highest BCUT2D eigenvalue weighted by molar-refractivity contribution is 7.57. The van der Waals surface area contributed by atoms with Crippen LogP contribution in [-0.4, -0.2) is 51.0 Å². The van der Waals surface area contributed by atoms with E-state index in [0.717, 1.165) is 44.9 Å². The van der Waals surface area contributed by atoms with Crippen LogP contribution in [0.15, 0.2) is 97.7 Å². The standard InChI is InChI=1S/C37H51ClN7O4P/c1-3-4-5-6-7-8-9-10-11-12-13-14-15-16-17-18-19-20-34(46)40-25-26-44-50(47,49-33-23-21-32(38)22-24-33)30-48-31(2)27-45-29-43-35-36(39)41-28-42-37(35)45/h4-5,7-8,10-11,13-14,16-17,21-24,28-29,31H,3,6,9,12,15,18-20,25-27,30H2,1-2H3,(H,40,46)(H,44,47)(H2,39,41,42)/t31-,50?/m1/s1. The quantitative estimate of drug-likeness (QED) is 0.0472. The van der Waals surface area contributed by atoms with Crippen LogP contribution in [0.25, 0.3) is 11.2 Å². The van der Waals surface area contributed by atoms with Crippen LogP contribution in [0.5, 0.6) is 5.75 Å². The monoisotopic (exact) mass is 723 g/mol. The number of hydrogen-bond donors (Lipinski definition) is 3. The van der Waals surface area contributed by atoms with E-state index in [1.54, 1.807) is 35.2 Å². The smallest absolute Gasteiger partial charge is 0.341 e. The molecular weight excluding hydrogens is 673 g/mol. The Morgan fingerprint density at radius 2 is 1.58 bits per heavy atom. The molecule has 4 N–H and O–H groups in total. The first-order valence-electron chi connectivity index (χ1n) is 17.1. The van der Waals surface area contributed by atoms with Gasteiger partial charge in [-0.05, 0) is 76.1 Å². The van der Waals surface area contributed by atoms with Crippen LogP contribution in [0.4, 0.5) is 5.82 Å². The van der Waals surface area contributed by atoms with E-state index in [1.165, 1.54) is 6.33 Å². The Kier molecular flexibility index (Phi) is 18.9. The van der Waals surface area contributed by atoms with Gasteiger partial charge in [0.15, 0.2) is 11.5 Å². The Labute approximate surface area is 301 Å². The maximum Gasteiger partial charge on any atom is 0.341 e. The van der Waals surface area contributed by atoms with E-state index in [-0.39, 0.29) is 31.4 Å². The molecule has 3 aromatic rings. The van der Waals surface area contributed by atoms with Gasteiger partial charge in [0.1, 0.15) is 23.9 Å². The number of benzene rings is 1. The van der Waals surface area contributed by atoms with Crippen molar-refractivity contribution in [2.24, 2.45) is 0 Å². The predicted octanol–water partition coefficient (Wildman–Crippen LogP) is 8.32. The Bertz CT molecular complexity index is 1640. The highest BCUT2D eigenvalue weighted by Crippen LogP contribution is 2.43. The lowest BCUT2D eigenvalue weighted by Gasteiger charge is -2.23. The number of nitrogens with one attached hydrogen (secondary N) is 2. The molecule has 3 rings (SSSR count). The third-order valence-corrected chi connectivity index (χ3v) is 9.16. The third kappa shape index (κ3) is 16.1. The molecule has 0 bridgehead atoms. The molecule has 0 spiro atoms. The van der Waals surface area contributed by atoms with Crippen LogP contribution in [-0.2, 0) is 20.6 Å². The summed E-state index contributed by atoms with van der Waals surface area (Å²) >= 11 is 6.01. The molecule has 1 amide bonds. The van der Waals surface area contributed by atoms with Crippen LogP contribution < -0.4 is 20.7 Å². The van der Waals surface area contributed by atoms with Crippen LogP contribution in [0.3, 0.4) is 0 Å². The molecule has 11 nitrogen and oxygen atoms in total. The van der Waals surface area contributed by atoms with Gasteiger partial charge in [-0.2, -0.15) is 0 Å². The summed E-state index contributed by atoms with van der Waals surface area (Å²) < 4.78 is 27.5. The lowest BCUT2D eigenvalue weighted by atomic mass is 10.2. The SMILES string of the molecule is CCC=CCC=CCC=CCC=CCC=CCCCC(=O)NCCNP(=O)(CO[C@H](C)Cn1cnc2c(N)ncnc21)Oc1ccc(Cl)cc1. The van der Waals surface area contributed by atoms with Crippen molar-refractivity contribution >= 4 is 42.0 Å². The van der Waals surface area contributed by atoms with Crippen molar-refractivity contribution in [1.29, 1.82) is 0 Å². The molecule has 50 heavy (non-hydrogen) atoms. The molecular formula is C37H51ClN7O4P. The second-order valence-electron chi connectivity index (χ2n) is 11.5. The fourth-order valence-corrected chi connectivity index (χ4v) is 6.32. The minimum atomic E-state index is -3.53. The number of carbonyl (C=O) groups excluding carboxylic acids is 1. The Hall–Kier alpha value is -4.02. The number of hydrogen-bond acceptors (Lipinski definition) is 8. The maximum atomic E-state index is 13.8. The number of halogens is 1. The van der Waals surface area contributed by atoms with E-state index in [9.17, 15) is 9.36 Å². The highest BCUT2D eigenvalue weighted by atomic mass is 35.5. The lowest BCUT2D eigenvalue weighted by Crippen LogP contribution is -2.32. The molecule has 1 unspecified atom stereocenters. The second kappa shape index (κ2) is 23.4. The third-order valence-electron chi connectivity index (χ3n) is 7.21. The van der Waals surface area contributed by atoms with E-state index < -0.39 is 7.52 Å². The van der Waals surface area contributed by atoms with E-state index in [2.05, 4.69) is 93.0 Å². The fraction of sp³-hybridized carbons (Fsp3) is 0.405. The first-order chi connectivity index (χ1) is 24.3. The fourth-order valence-electron chi connectivity index (χ4n) is 4.62. The molecule has 270 valence electrons. The predicted molar refractivity (Wildman–Crippen MR) is 204 cm³/mol. The molecule has 2 atom stereocenters. The number of allylic oxidation sites excluding steroid dienone is 10. The summed E-state index contributed by atoms with van der Waals surface area (Å²) in [6, 6.07) is 6.59. The summed E-state index contributed by atoms with van der Waals surface area (Å²) in [5.41, 5.74) is 6.99. The van der Waals surface area contributed by atoms with E-state index in [0.29, 0.717) is 40.7 Å². The van der Waals surface area contributed by atoms with Gasteiger partial charge in [-0.25, -0.2) is 20.0 Å². The average Bonchev–Trinajstić information content (AvgIpc) is 3.52. The molecule has 2 aromatic heterocycles. The van der Waals surface area contributed by atoms with E-state index in [1.807, 2.05) is 6.92 Å². The molecule has 0 radical (unpaired) electrons. The maximum absolute atomic E-state index is 13.8. The van der Waals surface area contributed by atoms with Crippen molar-refractivity contribution in [2.45, 2.75) is 77.9 Å². The summed E-state index contributed by atoms with van der Waals surface area (Å²) in [5, 5.41) is 6.38. The largest absolute Gasteiger partial charge is 0.431 e. The summed E-state index contributed by atoms with van der Waals surface area (Å²) in [7, 11) is -3.53. The van der Waals surface area contributed by atoms with Crippen molar-refractivity contribution < 1.29 is 18.6 Å². The van der Waals surface area contributed by atoms with Crippen LogP contribution >= 0.6 is 19.1 Å². The number of amides is 1. The van der Waals surface area contributed by atoms with Crippen molar-refractivity contribution in [2.75, 3.05) is 25.2 Å². The zero-order chi connectivity index (χ0) is 35.9. The molecule has 1 aromatic carbocycles. The average molecular weight is 724 g/mol. The van der Waals surface area contributed by atoms with Crippen LogP contribution in [0, 0.1) is 0 Å². The number of fused-ring (bicyclic) bond motifs is 1. The van der Waals surface area contributed by atoms with Crippen molar-refractivity contribution in [3.05, 3.63) is 103 Å². The summed E-state index contributed by atoms with van der Waals surface area (Å²) in [4.78, 5) is 24.9. The zero-order valence-corrected chi connectivity index (χ0v) is 30.8. The number of ether oxygens (including phenoxy) is 1. The van der Waals surface area contributed by atoms with Gasteiger partial charge in [-0.15, -0.1) is 0 Å². The molecule has 2 heterocycles. The van der Waals surface area contributed by atoms with Crippen molar-refractivity contribution in [1.82, 2.24) is 29.9 Å². The van der Waals surface area contributed by atoms with Gasteiger partial charge in [0.25, 0.3) is 0 Å². The van der Waals surface area contributed by atoms with Crippen LogP contribution in [0.1, 0.15) is 65.2 Å². The van der Waals surface area contributed by atoms with Crippen molar-refractivity contribution in [3.63, 3.8) is 0 Å². The number of unbranched alkanes of at least 4 members (excludes halogenated alkanes) is 1. The summed E-state index contributed by atoms with van der Waals surface area (Å²) in [5.74, 6) is 0.618.